The number of anilines is 2. The van der Waals surface area contributed by atoms with Gasteiger partial charge >= 0.3 is 0 Å². The van der Waals surface area contributed by atoms with Crippen molar-refractivity contribution in [3.8, 4) is 5.75 Å². The summed E-state index contributed by atoms with van der Waals surface area (Å²) in [6, 6.07) is 7.50. The van der Waals surface area contributed by atoms with E-state index in [0.29, 0.717) is 11.1 Å². The van der Waals surface area contributed by atoms with Gasteiger partial charge in [0.1, 0.15) is 10.6 Å². The smallest absolute Gasteiger partial charge is 0.265 e. The highest BCUT2D eigenvalue weighted by Crippen LogP contribution is 2.34. The molecular formula is C14H13BrCl2N2O3S. The molecule has 0 radical (unpaired) electrons. The van der Waals surface area contributed by atoms with Gasteiger partial charge in [-0.3, -0.25) is 4.72 Å². The molecule has 0 spiro atoms. The molecule has 0 saturated carbocycles. The average molecular weight is 440 g/mol. The zero-order valence-corrected chi connectivity index (χ0v) is 15.9. The number of ether oxygens (including phenoxy) is 1. The number of rotatable bonds is 5. The Bertz CT molecular complexity index is 821. The summed E-state index contributed by atoms with van der Waals surface area (Å²) in [5.41, 5.74) is 6.04. The first kappa shape index (κ1) is 18.2. The van der Waals surface area contributed by atoms with Crippen molar-refractivity contribution in [3.05, 3.63) is 44.8 Å². The molecule has 0 aliphatic rings. The number of hydrogen-bond donors (Lipinski definition) is 2. The molecule has 0 amide bonds. The third kappa shape index (κ3) is 4.23. The Morgan fingerprint density at radius 2 is 1.83 bits per heavy atom. The van der Waals surface area contributed by atoms with E-state index < -0.39 is 10.0 Å². The highest BCUT2D eigenvalue weighted by atomic mass is 79.9. The monoisotopic (exact) mass is 438 g/mol. The predicted octanol–water partition coefficient (Wildman–Crippen LogP) is 4.54. The molecule has 0 bridgehead atoms. The van der Waals surface area contributed by atoms with Crippen molar-refractivity contribution in [2.75, 3.05) is 17.1 Å². The Kier molecular flexibility index (Phi) is 5.67. The summed E-state index contributed by atoms with van der Waals surface area (Å²) in [4.78, 5) is -0.00204. The number of nitrogens with two attached hydrogens (primary N) is 1. The molecule has 2 aromatic carbocycles. The first-order chi connectivity index (χ1) is 10.7. The Morgan fingerprint density at radius 3 is 2.39 bits per heavy atom. The molecular weight excluding hydrogens is 427 g/mol. The zero-order valence-electron chi connectivity index (χ0n) is 11.9. The zero-order chi connectivity index (χ0) is 17.2. The Morgan fingerprint density at radius 1 is 1.22 bits per heavy atom. The fourth-order valence-electron chi connectivity index (χ4n) is 1.82. The minimum absolute atomic E-state index is 0.00204. The van der Waals surface area contributed by atoms with Crippen molar-refractivity contribution in [1.29, 1.82) is 0 Å². The summed E-state index contributed by atoms with van der Waals surface area (Å²) < 4.78 is 33.6. The van der Waals surface area contributed by atoms with Crippen molar-refractivity contribution in [1.82, 2.24) is 0 Å². The van der Waals surface area contributed by atoms with Crippen molar-refractivity contribution in [2.24, 2.45) is 0 Å². The Labute approximate surface area is 152 Å². The van der Waals surface area contributed by atoms with Gasteiger partial charge in [0.15, 0.2) is 0 Å². The topological polar surface area (TPSA) is 81.4 Å². The van der Waals surface area contributed by atoms with Crippen molar-refractivity contribution >= 4 is 60.5 Å². The molecule has 0 unspecified atom stereocenters. The first-order valence-corrected chi connectivity index (χ1v) is 9.47. The molecule has 0 aromatic heterocycles. The van der Waals surface area contributed by atoms with E-state index in [1.54, 1.807) is 19.1 Å². The number of hydrogen-bond acceptors (Lipinski definition) is 4. The molecule has 0 aliphatic heterocycles. The lowest BCUT2D eigenvalue weighted by atomic mass is 10.3. The van der Waals surface area contributed by atoms with E-state index in [-0.39, 0.29) is 32.1 Å². The highest BCUT2D eigenvalue weighted by molar-refractivity contribution is 9.10. The van der Waals surface area contributed by atoms with E-state index in [1.807, 2.05) is 0 Å². The maximum atomic E-state index is 12.6. The number of nitrogens with one attached hydrogen (secondary N) is 1. The van der Waals surface area contributed by atoms with Crippen LogP contribution in [0.15, 0.2) is 39.7 Å². The van der Waals surface area contributed by atoms with Gasteiger partial charge in [0.2, 0.25) is 0 Å². The molecule has 0 aliphatic carbocycles. The Hall–Kier alpha value is -1.15. The SMILES string of the molecule is CCOc1ccc(Br)cc1S(=O)(=O)Nc1cc(Cl)c(N)c(Cl)c1. The van der Waals surface area contributed by atoms with Crippen LogP contribution in [0, 0.1) is 0 Å². The van der Waals surface area contributed by atoms with Gasteiger partial charge in [0.25, 0.3) is 10.0 Å². The van der Waals surface area contributed by atoms with Gasteiger partial charge in [0.05, 0.1) is 28.0 Å². The lowest BCUT2D eigenvalue weighted by Gasteiger charge is -2.14. The molecule has 0 heterocycles. The maximum Gasteiger partial charge on any atom is 0.265 e. The summed E-state index contributed by atoms with van der Waals surface area (Å²) >= 11 is 15.1. The molecule has 0 saturated heterocycles. The van der Waals surface area contributed by atoms with Gasteiger partial charge in [0, 0.05) is 4.47 Å². The lowest BCUT2D eigenvalue weighted by molar-refractivity contribution is 0.331. The second-order valence-corrected chi connectivity index (χ2v) is 7.86. The number of nitrogen functional groups attached to an aromatic ring is 1. The van der Waals surface area contributed by atoms with Gasteiger partial charge in [-0.25, -0.2) is 8.42 Å². The van der Waals surface area contributed by atoms with Crippen LogP contribution in [0.4, 0.5) is 11.4 Å². The van der Waals surface area contributed by atoms with Crippen LogP contribution in [0.1, 0.15) is 6.92 Å². The van der Waals surface area contributed by atoms with E-state index in [1.165, 1.54) is 18.2 Å². The standard InChI is InChI=1S/C14H13BrCl2N2O3S/c1-2-22-12-4-3-8(15)5-13(12)23(20,21)19-9-6-10(16)14(18)11(17)7-9/h3-7,19H,2,18H2,1H3. The van der Waals surface area contributed by atoms with E-state index in [9.17, 15) is 8.42 Å². The second kappa shape index (κ2) is 7.17. The van der Waals surface area contributed by atoms with Crippen LogP contribution in [-0.4, -0.2) is 15.0 Å². The summed E-state index contributed by atoms with van der Waals surface area (Å²) in [6.07, 6.45) is 0. The highest BCUT2D eigenvalue weighted by Gasteiger charge is 2.21. The quantitative estimate of drug-likeness (QED) is 0.670. The van der Waals surface area contributed by atoms with Crippen LogP contribution < -0.4 is 15.2 Å². The minimum atomic E-state index is -3.90. The lowest BCUT2D eigenvalue weighted by Crippen LogP contribution is -2.14. The van der Waals surface area contributed by atoms with E-state index in [2.05, 4.69) is 20.7 Å². The summed E-state index contributed by atoms with van der Waals surface area (Å²) in [6.45, 7) is 2.11. The second-order valence-electron chi connectivity index (χ2n) is 4.48. The predicted molar refractivity (Wildman–Crippen MR) is 97.0 cm³/mol. The number of benzene rings is 2. The van der Waals surface area contributed by atoms with Gasteiger partial charge in [-0.2, -0.15) is 0 Å². The average Bonchev–Trinajstić information content (AvgIpc) is 2.46. The fourth-order valence-corrected chi connectivity index (χ4v) is 4.03. The third-order valence-corrected chi connectivity index (χ3v) is 5.35. The van der Waals surface area contributed by atoms with E-state index in [4.69, 9.17) is 33.7 Å². The Balaban J connectivity index is 2.45. The van der Waals surface area contributed by atoms with E-state index >= 15 is 0 Å². The summed E-state index contributed by atoms with van der Waals surface area (Å²) in [5.74, 6) is 0.246. The van der Waals surface area contributed by atoms with Crippen molar-refractivity contribution in [2.45, 2.75) is 11.8 Å². The van der Waals surface area contributed by atoms with Crippen LogP contribution in [-0.2, 0) is 10.0 Å². The third-order valence-electron chi connectivity index (χ3n) is 2.83. The van der Waals surface area contributed by atoms with Gasteiger partial charge in [-0.05, 0) is 37.3 Å². The summed E-state index contributed by atoms with van der Waals surface area (Å²) in [5, 5.41) is 0.323. The first-order valence-electron chi connectivity index (χ1n) is 6.44. The van der Waals surface area contributed by atoms with Gasteiger partial charge in [-0.1, -0.05) is 39.1 Å². The largest absolute Gasteiger partial charge is 0.492 e. The van der Waals surface area contributed by atoms with Crippen LogP contribution in [0.2, 0.25) is 10.0 Å². The molecule has 3 N–H and O–H groups in total. The molecule has 9 heteroatoms. The molecule has 5 nitrogen and oxygen atoms in total. The van der Waals surface area contributed by atoms with Crippen molar-refractivity contribution in [3.63, 3.8) is 0 Å². The van der Waals surface area contributed by atoms with Crippen molar-refractivity contribution < 1.29 is 13.2 Å². The number of sulfonamides is 1. The molecule has 23 heavy (non-hydrogen) atoms. The van der Waals surface area contributed by atoms with Crippen LogP contribution in [0.3, 0.4) is 0 Å². The van der Waals surface area contributed by atoms with Crippen LogP contribution >= 0.6 is 39.1 Å². The van der Waals surface area contributed by atoms with Crippen LogP contribution in [0.25, 0.3) is 0 Å². The molecule has 0 atom stereocenters. The maximum absolute atomic E-state index is 12.6. The van der Waals surface area contributed by atoms with Gasteiger partial charge in [-0.15, -0.1) is 0 Å². The fraction of sp³-hybridized carbons (Fsp3) is 0.143. The van der Waals surface area contributed by atoms with Gasteiger partial charge < -0.3 is 10.5 Å². The number of halogens is 3. The summed E-state index contributed by atoms with van der Waals surface area (Å²) in [7, 11) is -3.90. The molecule has 2 rings (SSSR count). The normalized spacial score (nSPS) is 11.3. The minimum Gasteiger partial charge on any atom is -0.492 e. The molecule has 2 aromatic rings. The molecule has 124 valence electrons. The molecule has 0 fully saturated rings. The van der Waals surface area contributed by atoms with Crippen LogP contribution in [0.5, 0.6) is 5.75 Å². The van der Waals surface area contributed by atoms with E-state index in [0.717, 1.165) is 0 Å².